The quantitative estimate of drug-likeness (QED) is 0.829. The van der Waals surface area contributed by atoms with Crippen molar-refractivity contribution in [2.45, 2.75) is 18.1 Å². The number of nitrogens with zero attached hydrogens (tertiary/aromatic N) is 1. The number of carbonyl (C=O) groups excluding carboxylic acids is 1. The Morgan fingerprint density at radius 2 is 2.24 bits per heavy atom. The van der Waals surface area contributed by atoms with E-state index in [1.165, 1.54) is 0 Å². The topological polar surface area (TPSA) is 82.6 Å². The first kappa shape index (κ1) is 14.7. The minimum atomic E-state index is -0.951. The van der Waals surface area contributed by atoms with E-state index in [1.54, 1.807) is 11.0 Å². The van der Waals surface area contributed by atoms with Gasteiger partial charge in [-0.3, -0.25) is 9.59 Å². The summed E-state index contributed by atoms with van der Waals surface area (Å²) in [6.07, 6.45) is 5.93. The normalized spacial score (nSPS) is 32.7. The van der Waals surface area contributed by atoms with Gasteiger partial charge in [-0.1, -0.05) is 30.4 Å². The molecule has 3 aliphatic rings. The number of ether oxygens (including phenoxy) is 1. The summed E-state index contributed by atoms with van der Waals surface area (Å²) >= 11 is 0. The molecule has 0 saturated carbocycles. The van der Waals surface area contributed by atoms with Crippen LogP contribution in [0.4, 0.5) is 0 Å². The minimum absolute atomic E-state index is 0.0981. The summed E-state index contributed by atoms with van der Waals surface area (Å²) in [4.78, 5) is 29.4. The molecule has 128 valence electrons. The predicted octanol–water partition coefficient (Wildman–Crippen LogP) is 1.58. The average Bonchev–Trinajstić information content (AvgIpc) is 3.33. The van der Waals surface area contributed by atoms with Crippen LogP contribution in [0.1, 0.15) is 5.56 Å². The minimum Gasteiger partial charge on any atom is -0.481 e. The lowest BCUT2D eigenvalue weighted by Gasteiger charge is -2.21. The lowest BCUT2D eigenvalue weighted by molar-refractivity contribution is -0.148. The van der Waals surface area contributed by atoms with Crippen molar-refractivity contribution in [2.75, 3.05) is 13.1 Å². The summed E-state index contributed by atoms with van der Waals surface area (Å²) in [5.41, 5.74) is 1.50. The Balaban J connectivity index is 1.37. The lowest BCUT2D eigenvalue weighted by Crippen LogP contribution is -2.39. The van der Waals surface area contributed by atoms with Gasteiger partial charge in [-0.15, -0.1) is 0 Å². The average molecular weight is 338 g/mol. The molecule has 5 rings (SSSR count). The van der Waals surface area contributed by atoms with Gasteiger partial charge in [0.2, 0.25) is 5.91 Å². The van der Waals surface area contributed by atoms with Crippen LogP contribution in [-0.4, -0.2) is 51.7 Å². The third kappa shape index (κ3) is 1.94. The number of aromatic amines is 1. The molecule has 0 radical (unpaired) electrons. The van der Waals surface area contributed by atoms with Crippen LogP contribution in [0.2, 0.25) is 0 Å². The highest BCUT2D eigenvalue weighted by Gasteiger charge is 2.66. The monoisotopic (exact) mass is 338 g/mol. The Kier molecular flexibility index (Phi) is 2.92. The summed E-state index contributed by atoms with van der Waals surface area (Å²) in [5, 5.41) is 10.7. The Labute approximate surface area is 144 Å². The molecule has 0 aliphatic carbocycles. The van der Waals surface area contributed by atoms with Gasteiger partial charge in [-0.25, -0.2) is 0 Å². The number of likely N-dealkylation sites (tertiary alicyclic amines) is 1. The molecule has 0 unspecified atom stereocenters. The van der Waals surface area contributed by atoms with Crippen LogP contribution >= 0.6 is 0 Å². The molecule has 4 heterocycles. The number of amides is 1. The molecule has 4 atom stereocenters. The zero-order valence-electron chi connectivity index (χ0n) is 13.5. The van der Waals surface area contributed by atoms with Crippen molar-refractivity contribution in [3.8, 4) is 0 Å². The first-order valence-electron chi connectivity index (χ1n) is 8.53. The zero-order valence-corrected chi connectivity index (χ0v) is 13.5. The molecule has 3 aliphatic heterocycles. The summed E-state index contributed by atoms with van der Waals surface area (Å²) < 4.78 is 5.91. The second kappa shape index (κ2) is 4.95. The van der Waals surface area contributed by atoms with Crippen LogP contribution in [0, 0.1) is 11.8 Å². The zero-order chi connectivity index (χ0) is 17.2. The van der Waals surface area contributed by atoms with E-state index in [9.17, 15) is 14.7 Å². The van der Waals surface area contributed by atoms with Crippen molar-refractivity contribution in [2.24, 2.45) is 11.8 Å². The molecule has 2 bridgehead atoms. The van der Waals surface area contributed by atoms with Gasteiger partial charge < -0.3 is 19.7 Å². The number of hydrogen-bond donors (Lipinski definition) is 2. The van der Waals surface area contributed by atoms with E-state index in [2.05, 4.69) is 11.1 Å². The van der Waals surface area contributed by atoms with Crippen LogP contribution in [0.3, 0.4) is 0 Å². The summed E-state index contributed by atoms with van der Waals surface area (Å²) in [6.45, 7) is 1.00. The molecule has 6 heteroatoms. The van der Waals surface area contributed by atoms with E-state index in [4.69, 9.17) is 4.74 Å². The highest BCUT2D eigenvalue weighted by Crippen LogP contribution is 2.51. The molecular formula is C19H18N2O4. The van der Waals surface area contributed by atoms with E-state index in [0.29, 0.717) is 13.1 Å². The van der Waals surface area contributed by atoms with Gasteiger partial charge in [0.05, 0.1) is 18.6 Å². The molecule has 1 spiro atoms. The standard InChI is InChI=1S/C19H18N2O4/c22-17-16-15(18(23)24)14-5-7-19(16,25-14)10-21(17)8-6-11-9-20-13-4-2-1-3-12(11)13/h1-5,7,9,14-16,20H,6,8,10H2,(H,23,24)/t14-,15-,16+,19-/m1/s1. The first-order chi connectivity index (χ1) is 12.1. The van der Waals surface area contributed by atoms with E-state index in [0.717, 1.165) is 22.9 Å². The second-order valence-electron chi connectivity index (χ2n) is 7.11. The fraction of sp³-hybridized carbons (Fsp3) is 0.368. The maximum absolute atomic E-state index is 12.9. The number of para-hydroxylation sites is 1. The van der Waals surface area contributed by atoms with Crippen molar-refractivity contribution < 1.29 is 19.4 Å². The number of fused-ring (bicyclic) bond motifs is 2. The van der Waals surface area contributed by atoms with E-state index in [1.807, 2.05) is 30.5 Å². The largest absolute Gasteiger partial charge is 0.481 e. The number of rotatable bonds is 4. The molecule has 2 aromatic rings. The highest BCUT2D eigenvalue weighted by atomic mass is 16.5. The lowest BCUT2D eigenvalue weighted by atomic mass is 9.77. The SMILES string of the molecule is O=C(O)[C@H]1[C@H]2C(=O)N(CCc3c[nH]c4ccccc34)C[C@]23C=C[C@H]1O3. The second-order valence-corrected chi connectivity index (χ2v) is 7.11. The van der Waals surface area contributed by atoms with Crippen molar-refractivity contribution >= 4 is 22.8 Å². The highest BCUT2D eigenvalue weighted by molar-refractivity contribution is 5.91. The smallest absolute Gasteiger partial charge is 0.310 e. The number of carboxylic acid groups (broad SMARTS) is 1. The van der Waals surface area contributed by atoms with E-state index < -0.39 is 29.5 Å². The molecule has 1 aromatic carbocycles. The van der Waals surface area contributed by atoms with Crippen molar-refractivity contribution in [1.82, 2.24) is 9.88 Å². The van der Waals surface area contributed by atoms with Gasteiger partial charge in [0, 0.05) is 23.6 Å². The number of nitrogens with one attached hydrogen (secondary N) is 1. The van der Waals surface area contributed by atoms with Crippen LogP contribution in [-0.2, 0) is 20.7 Å². The Morgan fingerprint density at radius 1 is 1.40 bits per heavy atom. The molecule has 2 N–H and O–H groups in total. The van der Waals surface area contributed by atoms with Gasteiger partial charge in [0.1, 0.15) is 11.5 Å². The Bertz CT molecular complexity index is 917. The molecular weight excluding hydrogens is 320 g/mol. The molecule has 2 fully saturated rings. The van der Waals surface area contributed by atoms with Gasteiger partial charge in [-0.2, -0.15) is 0 Å². The van der Waals surface area contributed by atoms with Gasteiger partial charge in [0.15, 0.2) is 0 Å². The van der Waals surface area contributed by atoms with Gasteiger partial charge in [-0.05, 0) is 18.1 Å². The number of hydrogen-bond acceptors (Lipinski definition) is 3. The Morgan fingerprint density at radius 3 is 3.08 bits per heavy atom. The van der Waals surface area contributed by atoms with Crippen molar-refractivity contribution in [1.29, 1.82) is 0 Å². The van der Waals surface area contributed by atoms with Crippen LogP contribution < -0.4 is 0 Å². The maximum atomic E-state index is 12.9. The maximum Gasteiger partial charge on any atom is 0.310 e. The number of aromatic nitrogens is 1. The van der Waals surface area contributed by atoms with Gasteiger partial charge in [0.25, 0.3) is 0 Å². The first-order valence-corrected chi connectivity index (χ1v) is 8.53. The molecule has 1 amide bonds. The van der Waals surface area contributed by atoms with Crippen molar-refractivity contribution in [3.05, 3.63) is 48.2 Å². The summed E-state index contributed by atoms with van der Waals surface area (Å²) in [7, 11) is 0. The number of benzene rings is 1. The van der Waals surface area contributed by atoms with E-state index >= 15 is 0 Å². The third-order valence-electron chi connectivity index (χ3n) is 5.79. The number of aliphatic carboxylic acids is 1. The molecule has 25 heavy (non-hydrogen) atoms. The Hall–Kier alpha value is -2.60. The predicted molar refractivity (Wildman–Crippen MR) is 89.9 cm³/mol. The number of H-pyrrole nitrogens is 1. The molecule has 1 aromatic heterocycles. The van der Waals surface area contributed by atoms with E-state index in [-0.39, 0.29) is 5.91 Å². The van der Waals surface area contributed by atoms with Crippen LogP contribution in [0.15, 0.2) is 42.6 Å². The third-order valence-corrected chi connectivity index (χ3v) is 5.79. The number of carboxylic acids is 1. The van der Waals surface area contributed by atoms with Crippen LogP contribution in [0.25, 0.3) is 10.9 Å². The summed E-state index contributed by atoms with van der Waals surface area (Å²) in [5.74, 6) is -2.41. The molecule has 6 nitrogen and oxygen atoms in total. The van der Waals surface area contributed by atoms with Gasteiger partial charge >= 0.3 is 5.97 Å². The molecule has 2 saturated heterocycles. The number of carbonyl (C=O) groups is 2. The van der Waals surface area contributed by atoms with Crippen molar-refractivity contribution in [3.63, 3.8) is 0 Å². The fourth-order valence-electron chi connectivity index (χ4n) is 4.64. The summed E-state index contributed by atoms with van der Waals surface area (Å²) in [6, 6.07) is 8.07. The fourth-order valence-corrected chi connectivity index (χ4v) is 4.64. The van der Waals surface area contributed by atoms with Crippen LogP contribution in [0.5, 0.6) is 0 Å².